The number of carbonyl (C=O) groups is 2. The molecule has 2 amide bonds. The van der Waals surface area contributed by atoms with Crippen LogP contribution in [-0.2, 0) is 24.5 Å². The Morgan fingerprint density at radius 3 is 2.48 bits per heavy atom. The van der Waals surface area contributed by atoms with Crippen molar-refractivity contribution in [3.05, 3.63) is 29.8 Å². The fourth-order valence-electron chi connectivity index (χ4n) is 3.49. The van der Waals surface area contributed by atoms with Crippen LogP contribution in [0.1, 0.15) is 18.4 Å². The summed E-state index contributed by atoms with van der Waals surface area (Å²) in [5.41, 5.74) is 1.67. The van der Waals surface area contributed by atoms with E-state index in [-0.39, 0.29) is 31.3 Å². The number of rotatable bonds is 5. The third-order valence-corrected chi connectivity index (χ3v) is 7.08. The van der Waals surface area contributed by atoms with Gasteiger partial charge in [0.25, 0.3) is 10.2 Å². The van der Waals surface area contributed by atoms with Gasteiger partial charge in [-0.2, -0.15) is 17.0 Å². The summed E-state index contributed by atoms with van der Waals surface area (Å²) in [6.07, 6.45) is 0.277. The van der Waals surface area contributed by atoms with Crippen molar-refractivity contribution in [2.45, 2.75) is 19.8 Å². The van der Waals surface area contributed by atoms with Crippen LogP contribution >= 0.6 is 0 Å². The molecule has 0 bridgehead atoms. The average Bonchev–Trinajstić information content (AvgIpc) is 2.95. The van der Waals surface area contributed by atoms with Gasteiger partial charge in [0.05, 0.1) is 13.2 Å². The van der Waals surface area contributed by atoms with Gasteiger partial charge in [-0.05, 0) is 31.0 Å². The van der Waals surface area contributed by atoms with Gasteiger partial charge < -0.3 is 15.0 Å². The van der Waals surface area contributed by atoms with Gasteiger partial charge in [0.2, 0.25) is 11.8 Å². The Balaban J connectivity index is 1.53. The highest BCUT2D eigenvalue weighted by molar-refractivity contribution is 7.86. The smallest absolute Gasteiger partial charge is 0.282 e. The number of amides is 2. The van der Waals surface area contributed by atoms with E-state index in [9.17, 15) is 18.0 Å². The summed E-state index contributed by atoms with van der Waals surface area (Å²) in [4.78, 5) is 26.3. The van der Waals surface area contributed by atoms with Gasteiger partial charge in [-0.15, -0.1) is 0 Å². The average molecular weight is 425 g/mol. The van der Waals surface area contributed by atoms with Crippen molar-refractivity contribution in [1.29, 1.82) is 0 Å². The summed E-state index contributed by atoms with van der Waals surface area (Å²) in [6.45, 7) is 4.72. The van der Waals surface area contributed by atoms with Crippen molar-refractivity contribution in [1.82, 2.24) is 13.5 Å². The van der Waals surface area contributed by atoms with E-state index < -0.39 is 10.2 Å². The maximum atomic E-state index is 12.8. The van der Waals surface area contributed by atoms with E-state index in [1.165, 1.54) is 8.61 Å². The molecule has 0 unspecified atom stereocenters. The molecule has 2 saturated heterocycles. The summed E-state index contributed by atoms with van der Waals surface area (Å²) in [6, 6.07) is 7.37. The Morgan fingerprint density at radius 2 is 1.76 bits per heavy atom. The molecule has 1 aromatic carbocycles. The van der Waals surface area contributed by atoms with Crippen molar-refractivity contribution >= 4 is 27.7 Å². The fourth-order valence-corrected chi connectivity index (χ4v) is 5.10. The number of nitrogens with zero attached hydrogens (tertiary/aromatic N) is 3. The Kier molecular flexibility index (Phi) is 7.23. The molecule has 0 aromatic heterocycles. The van der Waals surface area contributed by atoms with E-state index in [0.717, 1.165) is 5.56 Å². The molecule has 2 heterocycles. The first-order chi connectivity index (χ1) is 13.9. The third kappa shape index (κ3) is 5.75. The number of anilines is 1. The van der Waals surface area contributed by atoms with E-state index in [0.29, 0.717) is 51.5 Å². The Morgan fingerprint density at radius 1 is 1.03 bits per heavy atom. The SMILES string of the molecule is Cc1cccc(NC(=O)CC(=O)N2CCCN(S(=O)(=O)N3CCOCC3)CC2)c1. The highest BCUT2D eigenvalue weighted by atomic mass is 32.2. The third-order valence-electron chi connectivity index (χ3n) is 5.04. The number of benzene rings is 1. The molecular formula is C19H28N4O5S. The predicted octanol–water partition coefficient (Wildman–Crippen LogP) is 0.435. The van der Waals surface area contributed by atoms with E-state index in [2.05, 4.69) is 5.32 Å². The summed E-state index contributed by atoms with van der Waals surface area (Å²) in [5.74, 6) is -0.664. The van der Waals surface area contributed by atoms with Crippen molar-refractivity contribution in [3.63, 3.8) is 0 Å². The second-order valence-electron chi connectivity index (χ2n) is 7.25. The largest absolute Gasteiger partial charge is 0.379 e. The number of morpholine rings is 1. The van der Waals surface area contributed by atoms with E-state index in [1.807, 2.05) is 25.1 Å². The van der Waals surface area contributed by atoms with Gasteiger partial charge in [-0.3, -0.25) is 9.59 Å². The van der Waals surface area contributed by atoms with Gasteiger partial charge in [0.1, 0.15) is 6.42 Å². The van der Waals surface area contributed by atoms with Crippen LogP contribution < -0.4 is 5.32 Å². The van der Waals surface area contributed by atoms with Crippen LogP contribution in [0.25, 0.3) is 0 Å². The first-order valence-corrected chi connectivity index (χ1v) is 11.2. The lowest BCUT2D eigenvalue weighted by molar-refractivity contribution is -0.134. The molecule has 0 atom stereocenters. The quantitative estimate of drug-likeness (QED) is 0.692. The highest BCUT2D eigenvalue weighted by Gasteiger charge is 2.33. The maximum absolute atomic E-state index is 12.8. The van der Waals surface area contributed by atoms with Crippen LogP contribution in [0.2, 0.25) is 0 Å². The minimum absolute atomic E-state index is 0.227. The molecule has 0 saturated carbocycles. The molecule has 0 aliphatic carbocycles. The van der Waals surface area contributed by atoms with Gasteiger partial charge in [-0.25, -0.2) is 0 Å². The van der Waals surface area contributed by atoms with Crippen LogP contribution in [0.5, 0.6) is 0 Å². The Bertz CT molecular complexity index is 839. The molecule has 2 aliphatic rings. The second-order valence-corrected chi connectivity index (χ2v) is 9.18. The Labute approximate surface area is 171 Å². The monoisotopic (exact) mass is 424 g/mol. The molecule has 2 aliphatic heterocycles. The molecule has 1 N–H and O–H groups in total. The lowest BCUT2D eigenvalue weighted by Gasteiger charge is -2.31. The maximum Gasteiger partial charge on any atom is 0.282 e. The van der Waals surface area contributed by atoms with Crippen molar-refractivity contribution in [2.24, 2.45) is 0 Å². The lowest BCUT2D eigenvalue weighted by Crippen LogP contribution is -2.49. The van der Waals surface area contributed by atoms with E-state index >= 15 is 0 Å². The van der Waals surface area contributed by atoms with Crippen molar-refractivity contribution in [3.8, 4) is 0 Å². The molecule has 10 heteroatoms. The zero-order chi connectivity index (χ0) is 20.9. The molecule has 2 fully saturated rings. The number of hydrogen-bond acceptors (Lipinski definition) is 5. The topological polar surface area (TPSA) is 99.3 Å². The van der Waals surface area contributed by atoms with Crippen LogP contribution in [0.15, 0.2) is 24.3 Å². The van der Waals surface area contributed by atoms with Crippen LogP contribution in [-0.4, -0.2) is 86.2 Å². The molecular weight excluding hydrogens is 396 g/mol. The molecule has 0 radical (unpaired) electrons. The number of aryl methyl sites for hydroxylation is 1. The number of carbonyl (C=O) groups excluding carboxylic acids is 2. The van der Waals surface area contributed by atoms with E-state index in [1.54, 1.807) is 11.0 Å². The minimum Gasteiger partial charge on any atom is -0.379 e. The zero-order valence-electron chi connectivity index (χ0n) is 16.7. The molecule has 29 heavy (non-hydrogen) atoms. The minimum atomic E-state index is -3.56. The molecule has 0 spiro atoms. The normalized spacial score (nSPS) is 19.6. The predicted molar refractivity (Wildman–Crippen MR) is 109 cm³/mol. The van der Waals surface area contributed by atoms with Crippen molar-refractivity contribution in [2.75, 3.05) is 57.8 Å². The van der Waals surface area contributed by atoms with Gasteiger partial charge in [0.15, 0.2) is 0 Å². The fraction of sp³-hybridized carbons (Fsp3) is 0.579. The summed E-state index contributed by atoms with van der Waals surface area (Å²) in [5, 5.41) is 2.73. The number of nitrogens with one attached hydrogen (secondary N) is 1. The van der Waals surface area contributed by atoms with Crippen LogP contribution in [0, 0.1) is 6.92 Å². The standard InChI is InChI=1S/C19H28N4O5S/c1-16-4-2-5-17(14-16)20-18(24)15-19(25)21-6-3-7-22(9-8-21)29(26,27)23-10-12-28-13-11-23/h2,4-5,14H,3,6-13,15H2,1H3,(H,20,24). The second kappa shape index (κ2) is 9.66. The molecule has 9 nitrogen and oxygen atoms in total. The number of hydrogen-bond donors (Lipinski definition) is 1. The van der Waals surface area contributed by atoms with Gasteiger partial charge >= 0.3 is 0 Å². The molecule has 160 valence electrons. The lowest BCUT2D eigenvalue weighted by atomic mass is 10.2. The first kappa shape index (κ1) is 21.7. The summed E-state index contributed by atoms with van der Waals surface area (Å²) < 4.78 is 33.7. The van der Waals surface area contributed by atoms with Gasteiger partial charge in [0, 0.05) is 45.0 Å². The van der Waals surface area contributed by atoms with E-state index in [4.69, 9.17) is 4.74 Å². The molecule has 1 aromatic rings. The zero-order valence-corrected chi connectivity index (χ0v) is 17.5. The van der Waals surface area contributed by atoms with Crippen LogP contribution in [0.3, 0.4) is 0 Å². The summed E-state index contributed by atoms with van der Waals surface area (Å²) in [7, 11) is -3.56. The van der Waals surface area contributed by atoms with Gasteiger partial charge in [-0.1, -0.05) is 12.1 Å². The molecule has 3 rings (SSSR count). The van der Waals surface area contributed by atoms with Crippen molar-refractivity contribution < 1.29 is 22.7 Å². The number of ether oxygens (including phenoxy) is 1. The summed E-state index contributed by atoms with van der Waals surface area (Å²) >= 11 is 0. The van der Waals surface area contributed by atoms with Crippen LogP contribution in [0.4, 0.5) is 5.69 Å². The first-order valence-electron chi connectivity index (χ1n) is 9.83. The highest BCUT2D eigenvalue weighted by Crippen LogP contribution is 2.15. The Hall–Kier alpha value is -2.01.